The lowest BCUT2D eigenvalue weighted by atomic mass is 10.0. The van der Waals surface area contributed by atoms with Gasteiger partial charge in [-0.1, -0.05) is 54.1 Å². The van der Waals surface area contributed by atoms with Gasteiger partial charge in [-0.2, -0.15) is 0 Å². The third-order valence-corrected chi connectivity index (χ3v) is 5.59. The third-order valence-electron chi connectivity index (χ3n) is 5.59. The number of hydrogen-bond acceptors (Lipinski definition) is 5. The number of hydrogen-bond donors (Lipinski definition) is 2. The van der Waals surface area contributed by atoms with Crippen LogP contribution in [0.15, 0.2) is 66.4 Å². The Balaban J connectivity index is 1.90. The SMILES string of the molecule is CC(N)=C(c1ccccc1)c1nc(-c2cccc(C)c2)cc(N2CCC[C@H]2CO)n1. The lowest BCUT2D eigenvalue weighted by molar-refractivity contribution is 0.266. The van der Waals surface area contributed by atoms with Gasteiger partial charge in [0.1, 0.15) is 5.82 Å². The smallest absolute Gasteiger partial charge is 0.164 e. The first kappa shape index (κ1) is 20.1. The van der Waals surface area contributed by atoms with Gasteiger partial charge in [0.05, 0.1) is 18.3 Å². The summed E-state index contributed by atoms with van der Waals surface area (Å²) in [4.78, 5) is 12.0. The van der Waals surface area contributed by atoms with E-state index in [0.29, 0.717) is 11.5 Å². The van der Waals surface area contributed by atoms with Crippen molar-refractivity contribution in [1.29, 1.82) is 0 Å². The number of nitrogens with zero attached hydrogens (tertiary/aromatic N) is 3. The van der Waals surface area contributed by atoms with Crippen LogP contribution in [0.1, 0.15) is 36.7 Å². The number of nitrogens with two attached hydrogens (primary N) is 1. The van der Waals surface area contributed by atoms with Crippen LogP contribution in [0, 0.1) is 6.92 Å². The Kier molecular flexibility index (Phi) is 5.81. The van der Waals surface area contributed by atoms with Crippen molar-refractivity contribution in [3.8, 4) is 11.3 Å². The molecule has 0 saturated carbocycles. The van der Waals surface area contributed by atoms with Crippen LogP contribution in [0.4, 0.5) is 5.82 Å². The summed E-state index contributed by atoms with van der Waals surface area (Å²) in [6, 6.07) is 20.5. The normalized spacial score (nSPS) is 17.2. The number of aliphatic hydroxyl groups excluding tert-OH is 1. The second kappa shape index (κ2) is 8.67. The summed E-state index contributed by atoms with van der Waals surface area (Å²) in [5, 5.41) is 9.85. The van der Waals surface area contributed by atoms with Crippen LogP contribution in [0.3, 0.4) is 0 Å². The van der Waals surface area contributed by atoms with Gasteiger partial charge in [0.2, 0.25) is 0 Å². The maximum atomic E-state index is 9.85. The Hall–Kier alpha value is -3.18. The summed E-state index contributed by atoms with van der Waals surface area (Å²) >= 11 is 0. The van der Waals surface area contributed by atoms with E-state index in [2.05, 4.69) is 30.0 Å². The predicted molar refractivity (Wildman–Crippen MR) is 122 cm³/mol. The van der Waals surface area contributed by atoms with Crippen LogP contribution in [0.25, 0.3) is 16.8 Å². The van der Waals surface area contributed by atoms with E-state index in [4.69, 9.17) is 15.7 Å². The second-order valence-corrected chi connectivity index (χ2v) is 7.90. The van der Waals surface area contributed by atoms with Gasteiger partial charge in [-0.3, -0.25) is 0 Å². The van der Waals surface area contributed by atoms with Crippen LogP contribution in [0.2, 0.25) is 0 Å². The second-order valence-electron chi connectivity index (χ2n) is 7.90. The highest BCUT2D eigenvalue weighted by atomic mass is 16.3. The summed E-state index contributed by atoms with van der Waals surface area (Å²) in [6.45, 7) is 4.96. The molecule has 0 spiro atoms. The quantitative estimate of drug-likeness (QED) is 0.673. The number of aryl methyl sites for hydroxylation is 1. The molecule has 154 valence electrons. The molecule has 1 aliphatic rings. The third kappa shape index (κ3) is 4.07. The van der Waals surface area contributed by atoms with Crippen molar-refractivity contribution in [3.63, 3.8) is 0 Å². The highest BCUT2D eigenvalue weighted by Gasteiger charge is 2.26. The van der Waals surface area contributed by atoms with Crippen molar-refractivity contribution in [1.82, 2.24) is 9.97 Å². The van der Waals surface area contributed by atoms with Crippen molar-refractivity contribution in [2.24, 2.45) is 5.73 Å². The topological polar surface area (TPSA) is 75.3 Å². The highest BCUT2D eigenvalue weighted by molar-refractivity contribution is 5.80. The minimum atomic E-state index is 0.0845. The standard InChI is InChI=1S/C25H28N4O/c1-17-8-6-11-20(14-17)22-15-23(29-13-7-12-21(29)16-30)28-25(27-22)24(18(2)26)19-9-4-3-5-10-19/h3-6,8-11,14-15,21,30H,7,12-13,16,26H2,1-2H3/t21-/m0/s1. The number of benzene rings is 2. The van der Waals surface area contributed by atoms with Crippen molar-refractivity contribution in [2.45, 2.75) is 32.7 Å². The molecule has 1 fully saturated rings. The molecule has 2 heterocycles. The van der Waals surface area contributed by atoms with E-state index < -0.39 is 0 Å². The zero-order valence-electron chi connectivity index (χ0n) is 17.5. The zero-order chi connectivity index (χ0) is 21.1. The molecule has 0 aliphatic carbocycles. The summed E-state index contributed by atoms with van der Waals surface area (Å²) in [6.07, 6.45) is 2.01. The number of aromatic nitrogens is 2. The largest absolute Gasteiger partial charge is 0.402 e. The molecule has 1 aliphatic heterocycles. The molecule has 1 atom stereocenters. The summed E-state index contributed by atoms with van der Waals surface area (Å²) in [5.74, 6) is 1.45. The van der Waals surface area contributed by atoms with Crippen LogP contribution in [-0.4, -0.2) is 34.3 Å². The molecular formula is C25H28N4O. The molecule has 0 amide bonds. The molecule has 5 heteroatoms. The maximum absolute atomic E-state index is 9.85. The number of allylic oxidation sites excluding steroid dienone is 1. The molecule has 1 saturated heterocycles. The Morgan fingerprint density at radius 2 is 1.90 bits per heavy atom. The summed E-state index contributed by atoms with van der Waals surface area (Å²) in [5.41, 5.74) is 11.9. The first-order valence-electron chi connectivity index (χ1n) is 10.4. The first-order valence-corrected chi connectivity index (χ1v) is 10.4. The van der Waals surface area contributed by atoms with Crippen LogP contribution < -0.4 is 10.6 Å². The molecule has 30 heavy (non-hydrogen) atoms. The molecule has 5 nitrogen and oxygen atoms in total. The minimum Gasteiger partial charge on any atom is -0.402 e. The van der Waals surface area contributed by atoms with Gasteiger partial charge in [0.15, 0.2) is 5.82 Å². The van der Waals surface area contributed by atoms with Gasteiger partial charge in [0.25, 0.3) is 0 Å². The number of rotatable bonds is 5. The van der Waals surface area contributed by atoms with E-state index in [1.165, 1.54) is 5.56 Å². The van der Waals surface area contributed by atoms with Gasteiger partial charge in [-0.15, -0.1) is 0 Å². The number of aliphatic hydroxyl groups is 1. The summed E-state index contributed by atoms with van der Waals surface area (Å²) < 4.78 is 0. The average Bonchev–Trinajstić information content (AvgIpc) is 3.23. The predicted octanol–water partition coefficient (Wildman–Crippen LogP) is 4.15. The number of anilines is 1. The lowest BCUT2D eigenvalue weighted by Crippen LogP contribution is -2.33. The van der Waals surface area contributed by atoms with E-state index in [1.807, 2.05) is 49.4 Å². The van der Waals surface area contributed by atoms with Crippen LogP contribution >= 0.6 is 0 Å². The molecule has 0 bridgehead atoms. The molecular weight excluding hydrogens is 372 g/mol. The van der Waals surface area contributed by atoms with E-state index in [1.54, 1.807) is 0 Å². The van der Waals surface area contributed by atoms with E-state index in [0.717, 1.165) is 47.6 Å². The van der Waals surface area contributed by atoms with Crippen molar-refractivity contribution in [3.05, 3.63) is 83.3 Å². The first-order chi connectivity index (χ1) is 14.6. The molecule has 3 N–H and O–H groups in total. The van der Waals surface area contributed by atoms with Gasteiger partial charge in [-0.25, -0.2) is 9.97 Å². The van der Waals surface area contributed by atoms with E-state index in [-0.39, 0.29) is 12.6 Å². The van der Waals surface area contributed by atoms with Gasteiger partial charge in [-0.05, 0) is 38.3 Å². The van der Waals surface area contributed by atoms with Crippen LogP contribution in [-0.2, 0) is 0 Å². The van der Waals surface area contributed by atoms with Crippen molar-refractivity contribution >= 4 is 11.4 Å². The molecule has 3 aromatic rings. The highest BCUT2D eigenvalue weighted by Crippen LogP contribution is 2.31. The summed E-state index contributed by atoms with van der Waals surface area (Å²) in [7, 11) is 0. The minimum absolute atomic E-state index is 0.0845. The maximum Gasteiger partial charge on any atom is 0.164 e. The monoisotopic (exact) mass is 400 g/mol. The Morgan fingerprint density at radius 3 is 2.60 bits per heavy atom. The zero-order valence-corrected chi connectivity index (χ0v) is 17.5. The molecule has 4 rings (SSSR count). The molecule has 0 radical (unpaired) electrons. The van der Waals surface area contributed by atoms with Crippen molar-refractivity contribution in [2.75, 3.05) is 18.1 Å². The fourth-order valence-electron chi connectivity index (χ4n) is 4.11. The Labute approximate surface area is 177 Å². The van der Waals surface area contributed by atoms with E-state index >= 15 is 0 Å². The van der Waals surface area contributed by atoms with Crippen LogP contribution in [0.5, 0.6) is 0 Å². The fraction of sp³-hybridized carbons (Fsp3) is 0.280. The molecule has 2 aromatic carbocycles. The molecule has 1 aromatic heterocycles. The lowest BCUT2D eigenvalue weighted by Gasteiger charge is -2.25. The van der Waals surface area contributed by atoms with Crippen molar-refractivity contribution < 1.29 is 5.11 Å². The molecule has 0 unspecified atom stereocenters. The van der Waals surface area contributed by atoms with Gasteiger partial charge >= 0.3 is 0 Å². The fourth-order valence-corrected chi connectivity index (χ4v) is 4.11. The Bertz CT molecular complexity index is 1060. The van der Waals surface area contributed by atoms with Gasteiger partial charge in [0, 0.05) is 29.4 Å². The Morgan fingerprint density at radius 1 is 1.10 bits per heavy atom. The van der Waals surface area contributed by atoms with E-state index in [9.17, 15) is 5.11 Å². The average molecular weight is 401 g/mol. The van der Waals surface area contributed by atoms with Gasteiger partial charge < -0.3 is 15.7 Å².